The molecule has 0 aromatic heterocycles. The number of carbonyl (C=O) groups is 2. The average Bonchev–Trinajstić information content (AvgIpc) is 2.93. The molecule has 4 nitrogen and oxygen atoms in total. The van der Waals surface area contributed by atoms with Gasteiger partial charge in [-0.1, -0.05) is 36.6 Å². The van der Waals surface area contributed by atoms with Gasteiger partial charge in [-0.05, 0) is 36.5 Å². The number of benzene rings is 1. The van der Waals surface area contributed by atoms with Gasteiger partial charge in [-0.2, -0.15) is 0 Å². The van der Waals surface area contributed by atoms with E-state index >= 15 is 0 Å². The van der Waals surface area contributed by atoms with Gasteiger partial charge >= 0.3 is 0 Å². The maximum Gasteiger partial charge on any atom is 0.240 e. The van der Waals surface area contributed by atoms with Gasteiger partial charge in [0.15, 0.2) is 0 Å². The first-order chi connectivity index (χ1) is 10.0. The first-order valence-electron chi connectivity index (χ1n) is 7.37. The summed E-state index contributed by atoms with van der Waals surface area (Å²) in [6, 6.07) is 6.52. The highest BCUT2D eigenvalue weighted by molar-refractivity contribution is 6.30. The second-order valence-electron chi connectivity index (χ2n) is 5.71. The summed E-state index contributed by atoms with van der Waals surface area (Å²) in [7, 11) is 0. The van der Waals surface area contributed by atoms with E-state index in [1.807, 2.05) is 12.1 Å². The molecular weight excluding hydrogens is 288 g/mol. The summed E-state index contributed by atoms with van der Waals surface area (Å²) < 4.78 is 0. The number of amides is 2. The predicted octanol–water partition coefficient (Wildman–Crippen LogP) is 2.43. The van der Waals surface area contributed by atoms with Crippen molar-refractivity contribution in [1.82, 2.24) is 5.32 Å². The lowest BCUT2D eigenvalue weighted by molar-refractivity contribution is -0.127. The van der Waals surface area contributed by atoms with Crippen LogP contribution in [0.3, 0.4) is 0 Å². The molecule has 5 heteroatoms. The molecule has 1 aliphatic carbocycles. The Morgan fingerprint density at radius 2 is 1.86 bits per heavy atom. The van der Waals surface area contributed by atoms with Crippen LogP contribution in [0.4, 0.5) is 0 Å². The second-order valence-corrected chi connectivity index (χ2v) is 6.14. The highest BCUT2D eigenvalue weighted by atomic mass is 35.5. The normalized spacial score (nSPS) is 16.6. The fraction of sp³-hybridized carbons (Fsp3) is 0.500. The molecule has 114 valence electrons. The summed E-state index contributed by atoms with van der Waals surface area (Å²) in [5.74, 6) is -0.140. The molecule has 21 heavy (non-hydrogen) atoms. The fourth-order valence-electron chi connectivity index (χ4n) is 2.81. The molecule has 2 amide bonds. The van der Waals surface area contributed by atoms with Crippen molar-refractivity contribution in [3.05, 3.63) is 34.9 Å². The standard InChI is InChI=1S/C16H21ClN2O2/c17-13-7-5-12(6-8-13)9-14(16(18)21)19-15(20)10-11-3-1-2-4-11/h5-8,11,14H,1-4,9-10H2,(H2,18,21)(H,19,20)/t14-/m1/s1. The first-order valence-corrected chi connectivity index (χ1v) is 7.75. The van der Waals surface area contributed by atoms with Crippen molar-refractivity contribution in [3.8, 4) is 0 Å². The topological polar surface area (TPSA) is 72.2 Å². The van der Waals surface area contributed by atoms with Crippen LogP contribution in [0, 0.1) is 5.92 Å². The van der Waals surface area contributed by atoms with Gasteiger partial charge < -0.3 is 11.1 Å². The molecule has 0 saturated heterocycles. The highest BCUT2D eigenvalue weighted by Gasteiger charge is 2.22. The quantitative estimate of drug-likeness (QED) is 0.847. The third-order valence-electron chi connectivity index (χ3n) is 3.98. The molecule has 1 atom stereocenters. The lowest BCUT2D eigenvalue weighted by Crippen LogP contribution is -2.46. The van der Waals surface area contributed by atoms with Crippen LogP contribution in [-0.4, -0.2) is 17.9 Å². The Balaban J connectivity index is 1.90. The molecular formula is C16H21ClN2O2. The van der Waals surface area contributed by atoms with E-state index in [1.165, 1.54) is 12.8 Å². The summed E-state index contributed by atoms with van der Waals surface area (Å²) in [4.78, 5) is 23.5. The molecule has 1 aromatic rings. The minimum atomic E-state index is -0.667. The van der Waals surface area contributed by atoms with Gasteiger partial charge in [0.1, 0.15) is 6.04 Å². The van der Waals surface area contributed by atoms with Crippen LogP contribution in [0.2, 0.25) is 5.02 Å². The van der Waals surface area contributed by atoms with Crippen LogP contribution < -0.4 is 11.1 Å². The van der Waals surface area contributed by atoms with E-state index in [9.17, 15) is 9.59 Å². The zero-order chi connectivity index (χ0) is 15.2. The summed E-state index contributed by atoms with van der Waals surface area (Å²) in [5.41, 5.74) is 6.31. The molecule has 0 aliphatic heterocycles. The molecule has 1 saturated carbocycles. The summed E-state index contributed by atoms with van der Waals surface area (Å²) in [6.45, 7) is 0. The average molecular weight is 309 g/mol. The van der Waals surface area contributed by atoms with E-state index in [2.05, 4.69) is 5.32 Å². The van der Waals surface area contributed by atoms with E-state index in [4.69, 9.17) is 17.3 Å². The van der Waals surface area contributed by atoms with Crippen LogP contribution >= 0.6 is 11.6 Å². The van der Waals surface area contributed by atoms with Gasteiger partial charge in [0, 0.05) is 17.9 Å². The van der Waals surface area contributed by atoms with E-state index in [0.29, 0.717) is 23.8 Å². The van der Waals surface area contributed by atoms with Gasteiger partial charge in [-0.3, -0.25) is 9.59 Å². The zero-order valence-electron chi connectivity index (χ0n) is 12.0. The molecule has 0 heterocycles. The van der Waals surface area contributed by atoms with E-state index in [0.717, 1.165) is 18.4 Å². The Morgan fingerprint density at radius 3 is 2.43 bits per heavy atom. The minimum Gasteiger partial charge on any atom is -0.368 e. The van der Waals surface area contributed by atoms with Crippen molar-refractivity contribution in [1.29, 1.82) is 0 Å². The van der Waals surface area contributed by atoms with E-state index in [1.54, 1.807) is 12.1 Å². The third kappa shape index (κ3) is 5.05. The van der Waals surface area contributed by atoms with Crippen molar-refractivity contribution < 1.29 is 9.59 Å². The van der Waals surface area contributed by atoms with Gasteiger partial charge in [-0.25, -0.2) is 0 Å². The van der Waals surface area contributed by atoms with Gasteiger partial charge in [0.2, 0.25) is 11.8 Å². The number of hydrogen-bond acceptors (Lipinski definition) is 2. The molecule has 1 fully saturated rings. The Labute approximate surface area is 130 Å². The summed E-state index contributed by atoms with van der Waals surface area (Å²) in [5, 5.41) is 3.40. The predicted molar refractivity (Wildman–Crippen MR) is 82.9 cm³/mol. The van der Waals surface area contributed by atoms with Crippen molar-refractivity contribution in [2.75, 3.05) is 0 Å². The maximum atomic E-state index is 12.0. The van der Waals surface area contributed by atoms with Crippen molar-refractivity contribution in [3.63, 3.8) is 0 Å². The fourth-order valence-corrected chi connectivity index (χ4v) is 2.93. The number of halogens is 1. The van der Waals surface area contributed by atoms with Gasteiger partial charge in [0.05, 0.1) is 0 Å². The Morgan fingerprint density at radius 1 is 1.24 bits per heavy atom. The molecule has 0 unspecified atom stereocenters. The molecule has 1 aliphatic rings. The number of hydrogen-bond donors (Lipinski definition) is 2. The van der Waals surface area contributed by atoms with Crippen LogP contribution in [0.25, 0.3) is 0 Å². The Bertz CT molecular complexity index is 496. The molecule has 0 radical (unpaired) electrons. The number of primary amides is 1. The Kier molecular flexibility index (Phi) is 5.62. The third-order valence-corrected chi connectivity index (χ3v) is 4.23. The highest BCUT2D eigenvalue weighted by Crippen LogP contribution is 2.27. The molecule has 0 spiro atoms. The number of rotatable bonds is 6. The van der Waals surface area contributed by atoms with Crippen molar-refractivity contribution in [2.24, 2.45) is 11.7 Å². The van der Waals surface area contributed by atoms with E-state index < -0.39 is 11.9 Å². The monoisotopic (exact) mass is 308 g/mol. The van der Waals surface area contributed by atoms with Crippen LogP contribution in [0.1, 0.15) is 37.7 Å². The van der Waals surface area contributed by atoms with Crippen LogP contribution in [0.5, 0.6) is 0 Å². The minimum absolute atomic E-state index is 0.0836. The molecule has 1 aromatic carbocycles. The summed E-state index contributed by atoms with van der Waals surface area (Å²) >= 11 is 5.83. The first kappa shape index (κ1) is 15.8. The van der Waals surface area contributed by atoms with Gasteiger partial charge in [0.25, 0.3) is 0 Å². The summed E-state index contributed by atoms with van der Waals surface area (Å²) in [6.07, 6.45) is 5.48. The Hall–Kier alpha value is -1.55. The smallest absolute Gasteiger partial charge is 0.240 e. The van der Waals surface area contributed by atoms with Crippen LogP contribution in [0.15, 0.2) is 24.3 Å². The number of nitrogens with two attached hydrogens (primary N) is 1. The lowest BCUT2D eigenvalue weighted by atomic mass is 10.0. The molecule has 3 N–H and O–H groups in total. The van der Waals surface area contributed by atoms with Crippen molar-refractivity contribution >= 4 is 23.4 Å². The lowest BCUT2D eigenvalue weighted by Gasteiger charge is -2.17. The van der Waals surface area contributed by atoms with Crippen LogP contribution in [-0.2, 0) is 16.0 Å². The SMILES string of the molecule is NC(=O)[C@@H](Cc1ccc(Cl)cc1)NC(=O)CC1CCCC1. The van der Waals surface area contributed by atoms with Gasteiger partial charge in [-0.15, -0.1) is 0 Å². The number of nitrogens with one attached hydrogen (secondary N) is 1. The van der Waals surface area contributed by atoms with E-state index in [-0.39, 0.29) is 5.91 Å². The number of carbonyl (C=O) groups excluding carboxylic acids is 2. The van der Waals surface area contributed by atoms with Crippen molar-refractivity contribution in [2.45, 2.75) is 44.6 Å². The largest absolute Gasteiger partial charge is 0.368 e. The molecule has 0 bridgehead atoms. The zero-order valence-corrected chi connectivity index (χ0v) is 12.7. The second kappa shape index (κ2) is 7.46. The maximum absolute atomic E-state index is 12.0. The molecule has 2 rings (SSSR count).